The molecule has 0 amide bonds. The molecule has 104 heavy (non-hydrogen) atoms. The van der Waals surface area contributed by atoms with Crippen LogP contribution in [0.15, 0.2) is 393 Å². The third kappa shape index (κ3) is 12.0. The molecule has 0 atom stereocenters. The van der Waals surface area contributed by atoms with Gasteiger partial charge >= 0.3 is 7.12 Å². The zero-order valence-electron chi connectivity index (χ0n) is 56.8. The predicted molar refractivity (Wildman–Crippen MR) is 450 cm³/mol. The second-order valence-corrected chi connectivity index (χ2v) is 27.8. The van der Waals surface area contributed by atoms with Crippen LogP contribution in [0.4, 0.5) is 0 Å². The molecule has 0 bridgehead atoms. The molecule has 2 N–H and O–H groups in total. The molecule has 4 heteroatoms. The highest BCUT2D eigenvalue weighted by atomic mass is 79.9. The molecule has 20 rings (SSSR count). The summed E-state index contributed by atoms with van der Waals surface area (Å²) in [7, 11) is -1.54. The van der Waals surface area contributed by atoms with Crippen LogP contribution in [0.25, 0.3) is 186 Å². The van der Waals surface area contributed by atoms with Crippen molar-refractivity contribution in [2.45, 2.75) is 0 Å². The molecule has 0 aliphatic heterocycles. The maximum atomic E-state index is 10.2. The Morgan fingerprint density at radius 3 is 0.769 bits per heavy atom. The third-order valence-corrected chi connectivity index (χ3v) is 21.3. The molecule has 0 saturated carbocycles. The minimum atomic E-state index is -1.54. The molecule has 0 unspecified atom stereocenters. The number of halogens is 1. The fraction of sp³-hybridized carbons (Fsp3) is 0. The van der Waals surface area contributed by atoms with Crippen LogP contribution in [-0.2, 0) is 0 Å². The van der Waals surface area contributed by atoms with Crippen molar-refractivity contribution in [3.05, 3.63) is 393 Å². The Labute approximate surface area is 612 Å². The Kier molecular flexibility index (Phi) is 16.8. The number of fused-ring (bicyclic) bond motifs is 12. The molecular weight excluding hydrogens is 1320 g/mol. The fourth-order valence-corrected chi connectivity index (χ4v) is 16.3. The maximum Gasteiger partial charge on any atom is 0.489 e. The van der Waals surface area contributed by atoms with Crippen molar-refractivity contribution in [1.29, 1.82) is 0 Å². The first-order valence-corrected chi connectivity index (χ1v) is 36.2. The van der Waals surface area contributed by atoms with Gasteiger partial charge in [0.2, 0.25) is 0 Å². The number of hydrogen-bond acceptors (Lipinski definition) is 2. The highest BCUT2D eigenvalue weighted by Crippen LogP contribution is 2.46. The van der Waals surface area contributed by atoms with Gasteiger partial charge in [0.25, 0.3) is 0 Å². The molecule has 0 aliphatic carbocycles. The van der Waals surface area contributed by atoms with Gasteiger partial charge in [-0.25, -0.2) is 0 Å². The Balaban J connectivity index is 0.000000122. The lowest BCUT2D eigenvalue weighted by Crippen LogP contribution is -2.31. The molecule has 2 nitrogen and oxygen atoms in total. The second kappa shape index (κ2) is 27.4. The van der Waals surface area contributed by atoms with E-state index in [1.54, 1.807) is 0 Å². The number of rotatable bonds is 8. The Hall–Kier alpha value is -12.5. The monoisotopic (exact) mass is 1390 g/mol. The minimum absolute atomic E-state index is 0.552. The van der Waals surface area contributed by atoms with E-state index >= 15 is 0 Å². The van der Waals surface area contributed by atoms with Gasteiger partial charge in [-0.05, 0) is 246 Å². The van der Waals surface area contributed by atoms with E-state index in [-0.39, 0.29) is 0 Å². The van der Waals surface area contributed by atoms with Gasteiger partial charge in [-0.3, -0.25) is 0 Å². The summed E-state index contributed by atoms with van der Waals surface area (Å²) >= 11 is 3.54. The normalized spacial score (nSPS) is 11.4. The summed E-state index contributed by atoms with van der Waals surface area (Å²) in [6.07, 6.45) is 0. The van der Waals surface area contributed by atoms with Crippen molar-refractivity contribution in [3.63, 3.8) is 0 Å². The van der Waals surface area contributed by atoms with Crippen LogP contribution < -0.4 is 5.46 Å². The molecule has 0 saturated heterocycles. The van der Waals surface area contributed by atoms with Crippen LogP contribution in [0.5, 0.6) is 0 Å². The number of benzene rings is 20. The molecular formula is C100H66BBrO2. The van der Waals surface area contributed by atoms with E-state index in [9.17, 15) is 10.0 Å². The van der Waals surface area contributed by atoms with Crippen LogP contribution >= 0.6 is 15.9 Å². The minimum Gasteiger partial charge on any atom is -0.423 e. The molecule has 0 fully saturated rings. The first-order chi connectivity index (χ1) is 51.3. The Bertz CT molecular complexity index is 6640. The van der Waals surface area contributed by atoms with Gasteiger partial charge in [0.15, 0.2) is 0 Å². The van der Waals surface area contributed by atoms with Gasteiger partial charge in [-0.1, -0.05) is 350 Å². The first kappa shape index (κ1) is 63.6. The van der Waals surface area contributed by atoms with E-state index in [2.05, 4.69) is 368 Å². The largest absolute Gasteiger partial charge is 0.489 e. The summed E-state index contributed by atoms with van der Waals surface area (Å²) in [5.74, 6) is 0. The van der Waals surface area contributed by atoms with Gasteiger partial charge in [0.05, 0.1) is 0 Å². The molecule has 20 aromatic carbocycles. The van der Waals surface area contributed by atoms with Crippen molar-refractivity contribution in [3.8, 4) is 77.9 Å². The second-order valence-electron chi connectivity index (χ2n) is 26.9. The van der Waals surface area contributed by atoms with Crippen molar-refractivity contribution in [2.75, 3.05) is 0 Å². The summed E-state index contributed by atoms with van der Waals surface area (Å²) < 4.78 is 1.11. The average Bonchev–Trinajstić information content (AvgIpc) is 0.726. The van der Waals surface area contributed by atoms with Gasteiger partial charge in [-0.15, -0.1) is 0 Å². The summed E-state index contributed by atoms with van der Waals surface area (Å²) in [5, 5.41) is 44.5. The van der Waals surface area contributed by atoms with Crippen LogP contribution in [-0.4, -0.2) is 17.2 Å². The zero-order valence-corrected chi connectivity index (χ0v) is 58.4. The SMILES string of the molecule is Brc1cccc(-c2ccc3c(ccc4ccccc43)c2)c1.OB(O)c1c2ccccc2c(-c2cccc(-c3ccc4ccccc4c3)c2)c2ccccc12.c1cc(-c2ccc3ccccc3c2)cc(-c2c3ccccc3c(-c3cccc(-c4ccc5c(ccc6ccccc65)c4)c3)c3ccccc23)c1. The van der Waals surface area contributed by atoms with Crippen LogP contribution in [0.3, 0.4) is 0 Å². The Morgan fingerprint density at radius 1 is 0.163 bits per heavy atom. The Morgan fingerprint density at radius 2 is 0.404 bits per heavy atom. The molecule has 488 valence electrons. The van der Waals surface area contributed by atoms with Crippen molar-refractivity contribution in [2.24, 2.45) is 0 Å². The smallest absolute Gasteiger partial charge is 0.423 e. The quantitative estimate of drug-likeness (QED) is 0.0904. The molecule has 0 spiro atoms. The van der Waals surface area contributed by atoms with E-state index in [0.717, 1.165) is 42.7 Å². The summed E-state index contributed by atoms with van der Waals surface area (Å²) in [5.41, 5.74) is 17.5. The van der Waals surface area contributed by atoms with Gasteiger partial charge in [-0.2, -0.15) is 0 Å². The molecule has 0 radical (unpaired) electrons. The lowest BCUT2D eigenvalue weighted by atomic mass is 9.72. The maximum absolute atomic E-state index is 10.2. The predicted octanol–water partition coefficient (Wildman–Crippen LogP) is 26.7. The highest BCUT2D eigenvalue weighted by molar-refractivity contribution is 9.10. The van der Waals surface area contributed by atoms with E-state index in [0.29, 0.717) is 5.46 Å². The molecule has 20 aromatic rings. The lowest BCUT2D eigenvalue weighted by molar-refractivity contribution is 0.426. The van der Waals surface area contributed by atoms with Crippen molar-refractivity contribution in [1.82, 2.24) is 0 Å². The lowest BCUT2D eigenvalue weighted by Gasteiger charge is -2.18. The van der Waals surface area contributed by atoms with Crippen molar-refractivity contribution < 1.29 is 10.0 Å². The average molecular weight is 1390 g/mol. The highest BCUT2D eigenvalue weighted by Gasteiger charge is 2.23. The van der Waals surface area contributed by atoms with E-state index in [1.165, 1.54) is 147 Å². The van der Waals surface area contributed by atoms with Gasteiger partial charge in [0, 0.05) is 4.47 Å². The van der Waals surface area contributed by atoms with E-state index in [4.69, 9.17) is 0 Å². The van der Waals surface area contributed by atoms with Gasteiger partial charge < -0.3 is 10.0 Å². The summed E-state index contributed by atoms with van der Waals surface area (Å²) in [6.45, 7) is 0. The standard InChI is InChI=1S/C50H32.C30H21BO2.C20H13Br/c1-2-13-35-29-38(25-23-33(35)11-1)36-14-9-16-41(31-36)49-45-19-5-7-21-47(45)50(48-22-8-6-20-46(48)49)42-17-10-15-37(32-42)39-27-28-44-40(30-39)26-24-34-12-3-4-18-43(34)44;32-31(33)30-27-14-5-3-12-25(27)29(26-13-4-6-15-28(26)30)24-11-7-10-22(19-24)23-17-16-20-8-1-2-9-21(20)18-23;21-18-6-3-5-15(13-18)16-10-11-20-17(12-16)9-8-14-4-1-2-7-19(14)20/h1-32H;1-19,32-33H;1-13H. The van der Waals surface area contributed by atoms with Crippen LogP contribution in [0.2, 0.25) is 0 Å². The summed E-state index contributed by atoms with van der Waals surface area (Å²) in [6, 6.07) is 139. The van der Waals surface area contributed by atoms with Gasteiger partial charge in [0.1, 0.15) is 0 Å². The van der Waals surface area contributed by atoms with Crippen LogP contribution in [0, 0.1) is 0 Å². The van der Waals surface area contributed by atoms with E-state index in [1.807, 2.05) is 36.4 Å². The van der Waals surface area contributed by atoms with Crippen LogP contribution in [0.1, 0.15) is 0 Å². The van der Waals surface area contributed by atoms with E-state index < -0.39 is 7.12 Å². The zero-order chi connectivity index (χ0) is 69.6. The van der Waals surface area contributed by atoms with Crippen molar-refractivity contribution >= 4 is 136 Å². The third-order valence-electron chi connectivity index (χ3n) is 20.8. The molecule has 0 heterocycles. The molecule has 0 aliphatic rings. The first-order valence-electron chi connectivity index (χ1n) is 35.4. The topological polar surface area (TPSA) is 40.5 Å². The fourth-order valence-electron chi connectivity index (χ4n) is 15.9. The molecule has 0 aromatic heterocycles. The summed E-state index contributed by atoms with van der Waals surface area (Å²) in [4.78, 5) is 0. The number of hydrogen-bond donors (Lipinski definition) is 2.